The molecule has 1 N–H and O–H groups in total. The molecule has 0 radical (unpaired) electrons. The zero-order valence-electron chi connectivity index (χ0n) is 18.2. The van der Waals surface area contributed by atoms with Crippen LogP contribution in [-0.2, 0) is 11.3 Å². The Kier molecular flexibility index (Phi) is 7.38. The third-order valence-corrected chi connectivity index (χ3v) is 6.61. The van der Waals surface area contributed by atoms with Gasteiger partial charge in [0.05, 0.1) is 34.1 Å². The molecule has 1 amide bonds. The molecule has 5 nitrogen and oxygen atoms in total. The van der Waals surface area contributed by atoms with E-state index in [1.807, 2.05) is 24.3 Å². The maximum Gasteiger partial charge on any atom is 0.250 e. The number of nitrogens with zero attached hydrogens (tertiary/aromatic N) is 3. The van der Waals surface area contributed by atoms with Gasteiger partial charge in [0.15, 0.2) is 5.16 Å². The average molecular weight is 497 g/mol. The van der Waals surface area contributed by atoms with E-state index in [0.717, 1.165) is 16.2 Å². The van der Waals surface area contributed by atoms with Crippen LogP contribution >= 0.6 is 35.0 Å². The van der Waals surface area contributed by atoms with Crippen molar-refractivity contribution < 1.29 is 4.79 Å². The summed E-state index contributed by atoms with van der Waals surface area (Å²) in [6.07, 6.45) is 0. The number of aromatic nitrogens is 2. The summed E-state index contributed by atoms with van der Waals surface area (Å²) in [7, 11) is 0. The Hall–Kier alpha value is -2.80. The van der Waals surface area contributed by atoms with E-state index < -0.39 is 0 Å². The number of hydrazone groups is 1. The number of hydrogen-bond donors (Lipinski definition) is 1. The van der Waals surface area contributed by atoms with Gasteiger partial charge in [0.25, 0.3) is 5.91 Å². The minimum atomic E-state index is -0.224. The van der Waals surface area contributed by atoms with Crippen molar-refractivity contribution in [2.45, 2.75) is 25.5 Å². The third kappa shape index (κ3) is 5.77. The van der Waals surface area contributed by atoms with Gasteiger partial charge in [-0.05, 0) is 43.7 Å². The monoisotopic (exact) mass is 496 g/mol. The molecule has 0 unspecified atom stereocenters. The number of thioether (sulfide) groups is 1. The van der Waals surface area contributed by atoms with Crippen LogP contribution in [0.5, 0.6) is 0 Å². The van der Waals surface area contributed by atoms with Gasteiger partial charge in [-0.25, -0.2) is 10.4 Å². The van der Waals surface area contributed by atoms with Gasteiger partial charge in [-0.2, -0.15) is 5.10 Å². The van der Waals surface area contributed by atoms with Crippen LogP contribution in [0, 0.1) is 6.92 Å². The molecule has 1 aromatic heterocycles. The number of aryl methyl sites for hydroxylation is 1. The Labute approximate surface area is 206 Å². The minimum absolute atomic E-state index is 0.183. The first kappa shape index (κ1) is 23.4. The van der Waals surface area contributed by atoms with E-state index in [1.54, 1.807) is 25.1 Å². The lowest BCUT2D eigenvalue weighted by Crippen LogP contribution is -2.21. The molecule has 3 aromatic carbocycles. The molecular weight excluding hydrogens is 475 g/mol. The number of halogens is 2. The maximum absolute atomic E-state index is 12.5. The first-order valence-corrected chi connectivity index (χ1v) is 12.1. The number of fused-ring (bicyclic) bond motifs is 1. The van der Waals surface area contributed by atoms with Crippen LogP contribution in [-0.4, -0.2) is 26.9 Å². The Morgan fingerprint density at radius 3 is 2.61 bits per heavy atom. The van der Waals surface area contributed by atoms with E-state index in [0.29, 0.717) is 27.9 Å². The van der Waals surface area contributed by atoms with Gasteiger partial charge in [0.2, 0.25) is 0 Å². The van der Waals surface area contributed by atoms with E-state index in [9.17, 15) is 4.79 Å². The molecule has 0 fully saturated rings. The molecule has 0 aliphatic rings. The molecule has 0 atom stereocenters. The highest BCUT2D eigenvalue weighted by molar-refractivity contribution is 7.99. The first-order chi connectivity index (χ1) is 15.9. The van der Waals surface area contributed by atoms with Gasteiger partial charge in [-0.3, -0.25) is 4.79 Å². The summed E-state index contributed by atoms with van der Waals surface area (Å²) in [5.74, 6) is -0.0408. The number of imidazole rings is 1. The summed E-state index contributed by atoms with van der Waals surface area (Å²) < 4.78 is 2.14. The summed E-state index contributed by atoms with van der Waals surface area (Å²) >= 11 is 13.5. The SMILES string of the molecule is C/C(=N/NC(=O)CSc1nc2ccccc2n1Cc1ccc(C)cc1)c1ccc(Cl)cc1Cl. The molecule has 4 rings (SSSR count). The van der Waals surface area contributed by atoms with E-state index in [2.05, 4.69) is 46.3 Å². The highest BCUT2D eigenvalue weighted by Gasteiger charge is 2.14. The van der Waals surface area contributed by atoms with Crippen molar-refractivity contribution in [3.8, 4) is 0 Å². The highest BCUT2D eigenvalue weighted by atomic mass is 35.5. The van der Waals surface area contributed by atoms with E-state index >= 15 is 0 Å². The van der Waals surface area contributed by atoms with Crippen molar-refractivity contribution in [3.63, 3.8) is 0 Å². The zero-order valence-corrected chi connectivity index (χ0v) is 20.5. The van der Waals surface area contributed by atoms with E-state index in [1.165, 1.54) is 22.9 Å². The van der Waals surface area contributed by atoms with Gasteiger partial charge in [0, 0.05) is 10.6 Å². The molecule has 0 spiro atoms. The summed E-state index contributed by atoms with van der Waals surface area (Å²) in [4.78, 5) is 17.2. The minimum Gasteiger partial charge on any atom is -0.314 e. The Balaban J connectivity index is 1.47. The maximum atomic E-state index is 12.5. The first-order valence-electron chi connectivity index (χ1n) is 10.3. The summed E-state index contributed by atoms with van der Waals surface area (Å²) in [6.45, 7) is 4.53. The molecule has 1 heterocycles. The van der Waals surface area contributed by atoms with Crippen LogP contribution in [0.3, 0.4) is 0 Å². The molecular formula is C25H22Cl2N4OS. The fourth-order valence-corrected chi connectivity index (χ4v) is 4.70. The highest BCUT2D eigenvalue weighted by Crippen LogP contribution is 2.25. The number of nitrogens with one attached hydrogen (secondary N) is 1. The van der Waals surface area contributed by atoms with Gasteiger partial charge < -0.3 is 4.57 Å². The quantitative estimate of drug-likeness (QED) is 0.184. The number of carbonyl (C=O) groups excluding carboxylic acids is 1. The van der Waals surface area contributed by atoms with Crippen LogP contribution in [0.2, 0.25) is 10.0 Å². The van der Waals surface area contributed by atoms with Crippen molar-refractivity contribution in [1.82, 2.24) is 15.0 Å². The third-order valence-electron chi connectivity index (χ3n) is 5.08. The standard InChI is InChI=1S/C25H22Cl2N4OS/c1-16-7-9-18(10-8-16)14-31-23-6-4-3-5-22(23)28-25(31)33-15-24(32)30-29-17(2)20-12-11-19(26)13-21(20)27/h3-13H,14-15H2,1-2H3,(H,30,32)/b29-17-. The molecule has 4 aromatic rings. The topological polar surface area (TPSA) is 59.3 Å². The number of para-hydroxylation sites is 2. The summed E-state index contributed by atoms with van der Waals surface area (Å²) in [5.41, 5.74) is 8.25. The zero-order chi connectivity index (χ0) is 23.4. The molecule has 0 saturated heterocycles. The number of rotatable bonds is 7. The molecule has 0 aliphatic carbocycles. The molecule has 168 valence electrons. The lowest BCUT2D eigenvalue weighted by Gasteiger charge is -2.09. The van der Waals surface area contributed by atoms with Gasteiger partial charge in [0.1, 0.15) is 0 Å². The van der Waals surface area contributed by atoms with Crippen molar-refractivity contribution in [2.75, 3.05) is 5.75 Å². The lowest BCUT2D eigenvalue weighted by atomic mass is 10.1. The Bertz CT molecular complexity index is 1330. The average Bonchev–Trinajstić information content (AvgIpc) is 3.15. The number of carbonyl (C=O) groups is 1. The van der Waals surface area contributed by atoms with Crippen LogP contribution in [0.4, 0.5) is 0 Å². The second-order valence-corrected chi connectivity index (χ2v) is 9.39. The van der Waals surface area contributed by atoms with Crippen LogP contribution in [0.1, 0.15) is 23.6 Å². The fraction of sp³-hybridized carbons (Fsp3) is 0.160. The molecule has 8 heteroatoms. The summed E-state index contributed by atoms with van der Waals surface area (Å²) in [5, 5.41) is 6.00. The normalized spacial score (nSPS) is 11.7. The number of benzene rings is 3. The lowest BCUT2D eigenvalue weighted by molar-refractivity contribution is -0.118. The fourth-order valence-electron chi connectivity index (χ4n) is 3.34. The smallest absolute Gasteiger partial charge is 0.250 e. The molecule has 0 aliphatic heterocycles. The Morgan fingerprint density at radius 1 is 1.09 bits per heavy atom. The number of hydrogen-bond acceptors (Lipinski definition) is 4. The predicted octanol–water partition coefficient (Wildman–Crippen LogP) is 6.33. The Morgan fingerprint density at radius 2 is 1.85 bits per heavy atom. The van der Waals surface area contributed by atoms with Crippen LogP contribution in [0.15, 0.2) is 77.0 Å². The largest absolute Gasteiger partial charge is 0.314 e. The van der Waals surface area contributed by atoms with E-state index in [4.69, 9.17) is 28.2 Å². The molecule has 0 bridgehead atoms. The predicted molar refractivity (Wildman–Crippen MR) is 138 cm³/mol. The van der Waals surface area contributed by atoms with Crippen molar-refractivity contribution in [3.05, 3.63) is 93.5 Å². The van der Waals surface area contributed by atoms with Crippen LogP contribution < -0.4 is 5.43 Å². The van der Waals surface area contributed by atoms with Crippen molar-refractivity contribution in [1.29, 1.82) is 0 Å². The van der Waals surface area contributed by atoms with Crippen LogP contribution in [0.25, 0.3) is 11.0 Å². The second kappa shape index (κ2) is 10.4. The van der Waals surface area contributed by atoms with Gasteiger partial charge in [-0.15, -0.1) is 0 Å². The summed E-state index contributed by atoms with van der Waals surface area (Å²) in [6, 6.07) is 21.6. The molecule has 0 saturated carbocycles. The van der Waals surface area contributed by atoms with Crippen molar-refractivity contribution >= 4 is 57.6 Å². The molecule has 33 heavy (non-hydrogen) atoms. The van der Waals surface area contributed by atoms with Gasteiger partial charge >= 0.3 is 0 Å². The van der Waals surface area contributed by atoms with Gasteiger partial charge in [-0.1, -0.05) is 83.0 Å². The second-order valence-electron chi connectivity index (χ2n) is 7.60. The van der Waals surface area contributed by atoms with E-state index in [-0.39, 0.29) is 11.7 Å². The van der Waals surface area contributed by atoms with Crippen molar-refractivity contribution in [2.24, 2.45) is 5.10 Å². The number of amides is 1.